The molecule has 1 N–H and O–H groups in total. The van der Waals surface area contributed by atoms with Crippen LogP contribution in [0.15, 0.2) is 48.5 Å². The molecule has 0 saturated carbocycles. The fourth-order valence-corrected chi connectivity index (χ4v) is 2.69. The second-order valence-corrected chi connectivity index (χ2v) is 6.80. The topological polar surface area (TPSA) is 70.0 Å². The van der Waals surface area contributed by atoms with Gasteiger partial charge in [0, 0.05) is 24.1 Å². The van der Waals surface area contributed by atoms with Crippen molar-refractivity contribution in [1.29, 1.82) is 5.26 Å². The number of benzene rings is 2. The highest BCUT2D eigenvalue weighted by Gasteiger charge is 2.10. The summed E-state index contributed by atoms with van der Waals surface area (Å²) in [5.41, 5.74) is 3.43. The largest absolute Gasteiger partial charge is 0.326 e. The Morgan fingerprint density at radius 1 is 0.962 bits per heavy atom. The third kappa shape index (κ3) is 6.18. The van der Waals surface area contributed by atoms with E-state index in [-0.39, 0.29) is 24.5 Å². The van der Waals surface area contributed by atoms with E-state index in [9.17, 15) is 9.59 Å². The highest BCUT2D eigenvalue weighted by atomic mass is 16.2. The van der Waals surface area contributed by atoms with Gasteiger partial charge in [-0.2, -0.15) is 5.26 Å². The first kappa shape index (κ1) is 19.4. The van der Waals surface area contributed by atoms with Crippen LogP contribution in [-0.2, 0) is 17.6 Å². The quantitative estimate of drug-likeness (QED) is 0.711. The van der Waals surface area contributed by atoms with E-state index in [1.165, 1.54) is 5.56 Å². The highest BCUT2D eigenvalue weighted by Crippen LogP contribution is 2.13. The molecular weight excluding hydrogens is 324 g/mol. The lowest BCUT2D eigenvalue weighted by Gasteiger charge is -2.07. The number of hydrogen-bond donors (Lipinski definition) is 1. The Balaban J connectivity index is 1.82. The van der Waals surface area contributed by atoms with Gasteiger partial charge in [0.15, 0.2) is 5.78 Å². The summed E-state index contributed by atoms with van der Waals surface area (Å²) in [6.07, 6.45) is 1.66. The van der Waals surface area contributed by atoms with Gasteiger partial charge in [0.1, 0.15) is 0 Å². The number of hydrogen-bond acceptors (Lipinski definition) is 3. The van der Waals surface area contributed by atoms with Crippen LogP contribution in [0.5, 0.6) is 0 Å². The molecule has 0 aliphatic rings. The Morgan fingerprint density at radius 2 is 1.58 bits per heavy atom. The molecule has 0 atom stereocenters. The standard InChI is InChI=1S/C22H24N2O2/c1-16(2)15-18-3-7-19(8-4-18)21(25)11-12-22(26)24-20-9-5-17(6-10-20)13-14-23/h3-10,16H,11-13,15H2,1-2H3,(H,24,26). The lowest BCUT2D eigenvalue weighted by atomic mass is 9.99. The Labute approximate surface area is 154 Å². The van der Waals surface area contributed by atoms with Crippen molar-refractivity contribution in [2.24, 2.45) is 5.92 Å². The monoisotopic (exact) mass is 348 g/mol. The van der Waals surface area contributed by atoms with Crippen LogP contribution in [0.25, 0.3) is 0 Å². The van der Waals surface area contributed by atoms with Gasteiger partial charge < -0.3 is 5.32 Å². The number of nitrogens with zero attached hydrogens (tertiary/aromatic N) is 1. The summed E-state index contributed by atoms with van der Waals surface area (Å²) < 4.78 is 0. The maximum Gasteiger partial charge on any atom is 0.224 e. The molecule has 0 radical (unpaired) electrons. The van der Waals surface area contributed by atoms with Crippen LogP contribution in [0.1, 0.15) is 48.2 Å². The van der Waals surface area contributed by atoms with Gasteiger partial charge in [-0.25, -0.2) is 0 Å². The van der Waals surface area contributed by atoms with Crippen molar-refractivity contribution in [1.82, 2.24) is 0 Å². The van der Waals surface area contributed by atoms with Crippen LogP contribution in [-0.4, -0.2) is 11.7 Å². The van der Waals surface area contributed by atoms with Gasteiger partial charge in [-0.05, 0) is 35.6 Å². The fourth-order valence-electron chi connectivity index (χ4n) is 2.69. The smallest absolute Gasteiger partial charge is 0.224 e. The first-order chi connectivity index (χ1) is 12.5. The van der Waals surface area contributed by atoms with Crippen molar-refractivity contribution in [2.45, 2.75) is 39.5 Å². The zero-order valence-corrected chi connectivity index (χ0v) is 15.3. The molecule has 134 valence electrons. The minimum atomic E-state index is -0.192. The summed E-state index contributed by atoms with van der Waals surface area (Å²) >= 11 is 0. The second-order valence-electron chi connectivity index (χ2n) is 6.80. The van der Waals surface area contributed by atoms with Crippen LogP contribution in [0, 0.1) is 17.2 Å². The number of carbonyl (C=O) groups excluding carboxylic acids is 2. The number of ketones is 1. The molecular formula is C22H24N2O2. The summed E-state index contributed by atoms with van der Waals surface area (Å²) in [7, 11) is 0. The van der Waals surface area contributed by atoms with Gasteiger partial charge in [0.05, 0.1) is 12.5 Å². The predicted octanol–water partition coefficient (Wildman–Crippen LogP) is 4.55. The van der Waals surface area contributed by atoms with E-state index in [1.54, 1.807) is 12.1 Å². The second kappa shape index (κ2) is 9.53. The highest BCUT2D eigenvalue weighted by molar-refractivity contribution is 6.00. The number of nitriles is 1. The van der Waals surface area contributed by atoms with E-state index < -0.39 is 0 Å². The third-order valence-corrected chi connectivity index (χ3v) is 4.02. The van der Waals surface area contributed by atoms with Crippen molar-refractivity contribution in [3.8, 4) is 6.07 Å². The zero-order valence-electron chi connectivity index (χ0n) is 15.3. The van der Waals surface area contributed by atoms with Gasteiger partial charge in [-0.15, -0.1) is 0 Å². The number of carbonyl (C=O) groups is 2. The molecule has 2 aromatic carbocycles. The van der Waals surface area contributed by atoms with Crippen molar-refractivity contribution >= 4 is 17.4 Å². The van der Waals surface area contributed by atoms with Crippen molar-refractivity contribution in [3.05, 3.63) is 65.2 Å². The molecule has 0 unspecified atom stereocenters. The maximum atomic E-state index is 12.2. The Hall–Kier alpha value is -2.93. The summed E-state index contributed by atoms with van der Waals surface area (Å²) in [6, 6.07) is 16.9. The molecule has 1 amide bonds. The van der Waals surface area contributed by atoms with Gasteiger partial charge in [0.2, 0.25) is 5.91 Å². The van der Waals surface area contributed by atoms with E-state index in [4.69, 9.17) is 5.26 Å². The Morgan fingerprint density at radius 3 is 2.15 bits per heavy atom. The van der Waals surface area contributed by atoms with Gasteiger partial charge in [-0.3, -0.25) is 9.59 Å². The normalized spacial score (nSPS) is 10.4. The Kier molecular flexibility index (Phi) is 7.11. The Bertz CT molecular complexity index is 784. The van der Waals surface area contributed by atoms with E-state index in [2.05, 4.69) is 25.2 Å². The first-order valence-electron chi connectivity index (χ1n) is 8.86. The molecule has 0 heterocycles. The van der Waals surface area contributed by atoms with E-state index >= 15 is 0 Å². The molecule has 0 fully saturated rings. The lowest BCUT2D eigenvalue weighted by molar-refractivity contribution is -0.116. The number of nitrogens with one attached hydrogen (secondary N) is 1. The molecule has 0 aromatic heterocycles. The molecule has 0 aliphatic carbocycles. The van der Waals surface area contributed by atoms with Crippen LogP contribution in [0.3, 0.4) is 0 Å². The molecule has 0 bridgehead atoms. The first-order valence-corrected chi connectivity index (χ1v) is 8.86. The van der Waals surface area contributed by atoms with Crippen LogP contribution >= 0.6 is 0 Å². The van der Waals surface area contributed by atoms with E-state index in [0.29, 0.717) is 23.6 Å². The number of Topliss-reactive ketones (excluding diaryl/α,β-unsaturated/α-hetero) is 1. The van der Waals surface area contributed by atoms with Gasteiger partial charge in [0.25, 0.3) is 0 Å². The summed E-state index contributed by atoms with van der Waals surface area (Å²) in [5, 5.41) is 11.4. The molecule has 4 nitrogen and oxygen atoms in total. The molecule has 0 spiro atoms. The van der Waals surface area contributed by atoms with Crippen molar-refractivity contribution in [3.63, 3.8) is 0 Å². The van der Waals surface area contributed by atoms with Gasteiger partial charge in [-0.1, -0.05) is 50.2 Å². The zero-order chi connectivity index (χ0) is 18.9. The summed E-state index contributed by atoms with van der Waals surface area (Å²) in [4.78, 5) is 24.3. The molecule has 0 saturated heterocycles. The fraction of sp³-hybridized carbons (Fsp3) is 0.318. The number of amides is 1. The third-order valence-electron chi connectivity index (χ3n) is 4.02. The van der Waals surface area contributed by atoms with E-state index in [0.717, 1.165) is 12.0 Å². The number of rotatable bonds is 8. The molecule has 2 rings (SSSR count). The molecule has 26 heavy (non-hydrogen) atoms. The SMILES string of the molecule is CC(C)Cc1ccc(C(=O)CCC(=O)Nc2ccc(CC#N)cc2)cc1. The van der Waals surface area contributed by atoms with Crippen molar-refractivity contribution in [2.75, 3.05) is 5.32 Å². The van der Waals surface area contributed by atoms with Crippen LogP contribution < -0.4 is 5.32 Å². The van der Waals surface area contributed by atoms with E-state index in [1.807, 2.05) is 36.4 Å². The minimum absolute atomic E-state index is 0.0272. The molecule has 2 aromatic rings. The average molecular weight is 348 g/mol. The maximum absolute atomic E-state index is 12.2. The van der Waals surface area contributed by atoms with Gasteiger partial charge >= 0.3 is 0 Å². The molecule has 0 aliphatic heterocycles. The minimum Gasteiger partial charge on any atom is -0.326 e. The average Bonchev–Trinajstić information content (AvgIpc) is 2.62. The summed E-state index contributed by atoms with van der Waals surface area (Å²) in [6.45, 7) is 4.32. The van der Waals surface area contributed by atoms with Crippen molar-refractivity contribution < 1.29 is 9.59 Å². The lowest BCUT2D eigenvalue weighted by Crippen LogP contribution is -2.13. The van der Waals surface area contributed by atoms with Crippen LogP contribution in [0.2, 0.25) is 0 Å². The number of anilines is 1. The summed E-state index contributed by atoms with van der Waals surface area (Å²) in [5.74, 6) is 0.359. The molecule has 4 heteroatoms. The predicted molar refractivity (Wildman–Crippen MR) is 103 cm³/mol. The van der Waals surface area contributed by atoms with Crippen LogP contribution in [0.4, 0.5) is 5.69 Å².